The first-order valence-electron chi connectivity index (χ1n) is 26.1. The van der Waals surface area contributed by atoms with Crippen LogP contribution in [0.5, 0.6) is 0 Å². The van der Waals surface area contributed by atoms with Gasteiger partial charge in [0.05, 0.1) is 19.5 Å². The van der Waals surface area contributed by atoms with E-state index in [1.165, 1.54) is 24.3 Å². The van der Waals surface area contributed by atoms with Gasteiger partial charge in [-0.05, 0) is 48.6 Å². The van der Waals surface area contributed by atoms with Crippen LogP contribution in [0.2, 0.25) is 0 Å². The predicted molar refractivity (Wildman–Crippen MR) is 283 cm³/mol. The third-order valence-corrected chi connectivity index (χ3v) is 12.6. The number of nitrogens with two attached hydrogens (primary N) is 1. The first-order chi connectivity index (χ1) is 38.1. The molecule has 2 aromatic carbocycles. The maximum absolute atomic E-state index is 15.2. The average molecular weight is 1140 g/mol. The first kappa shape index (κ1) is 66.7. The number of carbonyl (C=O) groups is 13. The van der Waals surface area contributed by atoms with Crippen LogP contribution < -0.4 is 48.3 Å². The highest BCUT2D eigenvalue weighted by molar-refractivity contribution is 5.99. The summed E-state index contributed by atoms with van der Waals surface area (Å²) in [6.45, 7) is 6.38. The minimum atomic E-state index is -2.06. The van der Waals surface area contributed by atoms with Gasteiger partial charge in [0.15, 0.2) is 0 Å². The number of amides is 10. The van der Waals surface area contributed by atoms with Gasteiger partial charge in [-0.15, -0.1) is 0 Å². The first-order valence-corrected chi connectivity index (χ1v) is 26.1. The number of carboxylic acid groups (broad SMARTS) is 3. The lowest BCUT2D eigenvalue weighted by atomic mass is 10.0. The van der Waals surface area contributed by atoms with Crippen molar-refractivity contribution in [2.75, 3.05) is 13.1 Å². The molecule has 0 spiro atoms. The van der Waals surface area contributed by atoms with Gasteiger partial charge in [0.1, 0.15) is 60.6 Å². The molecule has 3 rings (SSSR count). The second kappa shape index (κ2) is 32.5. The van der Waals surface area contributed by atoms with Crippen LogP contribution in [0.3, 0.4) is 0 Å². The van der Waals surface area contributed by atoms with Gasteiger partial charge in [0.25, 0.3) is 0 Å². The van der Waals surface area contributed by atoms with Crippen LogP contribution in [0.1, 0.15) is 103 Å². The second-order valence-corrected chi connectivity index (χ2v) is 20.3. The van der Waals surface area contributed by atoms with Gasteiger partial charge >= 0.3 is 17.9 Å². The molecule has 1 saturated heterocycles. The Bertz CT molecular complexity index is 2580. The molecule has 1 fully saturated rings. The Kier molecular flexibility index (Phi) is 26.8. The number of primary amides is 1. The molecular formula is C53H73FN10O17. The number of carboxylic acids is 3. The molecule has 27 nitrogen and oxygen atoms in total. The average Bonchev–Trinajstić information content (AvgIpc) is 3.81. The highest BCUT2D eigenvalue weighted by atomic mass is 19.1. The topological polar surface area (TPSA) is 428 Å². The Morgan fingerprint density at radius 2 is 1.10 bits per heavy atom. The maximum Gasteiger partial charge on any atom is 0.305 e. The number of likely N-dealkylation sites (tertiary alicyclic amines) is 1. The van der Waals surface area contributed by atoms with Gasteiger partial charge < -0.3 is 73.6 Å². The van der Waals surface area contributed by atoms with Gasteiger partial charge in [-0.25, -0.2) is 4.39 Å². The summed E-state index contributed by atoms with van der Waals surface area (Å²) < 4.78 is 15.2. The number of halogens is 1. The Morgan fingerprint density at radius 1 is 0.605 bits per heavy atom. The maximum atomic E-state index is 15.2. The number of nitrogens with one attached hydrogen (secondary N) is 8. The monoisotopic (exact) mass is 1140 g/mol. The third-order valence-electron chi connectivity index (χ3n) is 12.6. The summed E-state index contributed by atoms with van der Waals surface area (Å²) in [6.07, 6.45) is -8.24. The Labute approximate surface area is 465 Å². The van der Waals surface area contributed by atoms with Crippen molar-refractivity contribution < 1.29 is 87.1 Å². The van der Waals surface area contributed by atoms with E-state index in [9.17, 15) is 82.8 Å². The number of carbonyl (C=O) groups excluding carboxylic acids is 10. The fourth-order valence-electron chi connectivity index (χ4n) is 8.64. The smallest absolute Gasteiger partial charge is 0.305 e. The minimum absolute atomic E-state index is 0.0177. The lowest BCUT2D eigenvalue weighted by Crippen LogP contribution is -2.60. The lowest BCUT2D eigenvalue weighted by molar-refractivity contribution is -0.146. The molecule has 0 saturated carbocycles. The summed E-state index contributed by atoms with van der Waals surface area (Å²) in [4.78, 5) is 171. The van der Waals surface area contributed by atoms with E-state index in [4.69, 9.17) is 5.73 Å². The molecule has 10 atom stereocenters. The number of alkyl halides is 1. The highest BCUT2D eigenvalue weighted by Crippen LogP contribution is 2.24. The molecule has 0 aromatic heterocycles. The van der Waals surface area contributed by atoms with E-state index in [0.29, 0.717) is 10.5 Å². The summed E-state index contributed by atoms with van der Waals surface area (Å²) in [5, 5.41) is 59.0. The van der Waals surface area contributed by atoms with Crippen LogP contribution >= 0.6 is 0 Å². The normalized spacial score (nSPS) is 16.8. The summed E-state index contributed by atoms with van der Waals surface area (Å²) >= 11 is 0. The van der Waals surface area contributed by atoms with Crippen molar-refractivity contribution in [2.45, 2.75) is 153 Å². The summed E-state index contributed by atoms with van der Waals surface area (Å²) in [5.74, 6) is -15.1. The van der Waals surface area contributed by atoms with E-state index in [0.717, 1.165) is 6.92 Å². The fraction of sp³-hybridized carbons (Fsp3) is 0.528. The summed E-state index contributed by atoms with van der Waals surface area (Å²) in [5.41, 5.74) is 6.12. The number of nitrogens with zero attached hydrogens (tertiary/aromatic N) is 1. The van der Waals surface area contributed by atoms with E-state index in [1.807, 2.05) is 0 Å². The van der Waals surface area contributed by atoms with E-state index in [-0.39, 0.29) is 36.7 Å². The third kappa shape index (κ3) is 23.0. The van der Waals surface area contributed by atoms with Gasteiger partial charge in [-0.1, -0.05) is 88.4 Å². The predicted octanol–water partition coefficient (Wildman–Crippen LogP) is -1.79. The molecule has 14 N–H and O–H groups in total. The van der Waals surface area contributed by atoms with Crippen molar-refractivity contribution in [3.63, 3.8) is 0 Å². The molecule has 1 heterocycles. The van der Waals surface area contributed by atoms with Crippen molar-refractivity contribution in [3.05, 3.63) is 71.8 Å². The molecule has 0 radical (unpaired) electrons. The molecule has 444 valence electrons. The Balaban J connectivity index is 1.90. The van der Waals surface area contributed by atoms with Crippen LogP contribution in [0.15, 0.2) is 60.7 Å². The minimum Gasteiger partial charge on any atom is -0.481 e. The fourth-order valence-corrected chi connectivity index (χ4v) is 8.64. The number of hydrogen-bond acceptors (Lipinski definition) is 14. The molecule has 1 aliphatic rings. The zero-order valence-corrected chi connectivity index (χ0v) is 45.5. The molecule has 0 bridgehead atoms. The molecule has 28 heteroatoms. The van der Waals surface area contributed by atoms with Gasteiger partial charge in [-0.2, -0.15) is 0 Å². The van der Waals surface area contributed by atoms with Crippen molar-refractivity contribution in [2.24, 2.45) is 17.6 Å². The zero-order valence-electron chi connectivity index (χ0n) is 45.5. The van der Waals surface area contributed by atoms with Crippen molar-refractivity contribution in [1.29, 1.82) is 0 Å². The van der Waals surface area contributed by atoms with E-state index in [1.54, 1.807) is 64.1 Å². The molecule has 10 amide bonds. The van der Waals surface area contributed by atoms with Crippen LogP contribution in [-0.4, -0.2) is 170 Å². The molecule has 0 aliphatic carbocycles. The lowest BCUT2D eigenvalue weighted by Gasteiger charge is -2.30. The standard InChI is InChI=1S/C53H73FN10O17/c1-27(2)20-35(46(55)74)60-50(78)37(22-30-12-8-6-9-13-30)61-47(75)33(16-18-41(67)68)58-40(66)25-56-52(80)44(45(73)31-14-10-7-11-15-31)63-48(76)34(17-19-42(69)70)59-51(79)39-23-32(54)26-64(39)53(81)38(24-43(71)72)62-49(77)36(21-28(3)4)57-29(5)65/h6-15,27-28,32-39,44-45,73H,16-26H2,1-5H3,(H2,55,74)(H,56,80)(H,57,65)(H,58,66)(H,59,79)(H,60,78)(H,61,75)(H,62,77)(H,63,76)(H,67,68)(H,69,70)(H,71,72)/t32-,33-,34-,35-,36-,37-,38-,39-,44-,45?/m0/s1. The summed E-state index contributed by atoms with van der Waals surface area (Å²) in [7, 11) is 0. The number of hydrogen-bond donors (Lipinski definition) is 13. The Morgan fingerprint density at radius 3 is 1.63 bits per heavy atom. The van der Waals surface area contributed by atoms with E-state index >= 15 is 4.39 Å². The number of aliphatic hydroxyl groups is 1. The number of benzene rings is 2. The zero-order chi connectivity index (χ0) is 60.7. The number of aliphatic hydroxyl groups excluding tert-OH is 1. The molecule has 1 unspecified atom stereocenters. The van der Waals surface area contributed by atoms with Gasteiger partial charge in [0.2, 0.25) is 59.1 Å². The van der Waals surface area contributed by atoms with Crippen molar-refractivity contribution >= 4 is 77.0 Å². The number of aliphatic carboxylic acids is 3. The van der Waals surface area contributed by atoms with Crippen LogP contribution in [-0.2, 0) is 68.7 Å². The van der Waals surface area contributed by atoms with Gasteiger partial charge in [-0.3, -0.25) is 62.3 Å². The largest absolute Gasteiger partial charge is 0.481 e. The van der Waals surface area contributed by atoms with E-state index < -0.39 is 189 Å². The molecule has 2 aromatic rings. The van der Waals surface area contributed by atoms with Crippen molar-refractivity contribution in [3.8, 4) is 0 Å². The molecule has 81 heavy (non-hydrogen) atoms. The quantitative estimate of drug-likeness (QED) is 0.0375. The Hall–Kier alpha value is -8.56. The SMILES string of the molecule is CC(=O)N[C@@H](CC(C)C)C(=O)N[C@@H](CC(=O)O)C(=O)N1C[C@@H](F)C[C@H]1C(=O)N[C@@H](CCC(=O)O)C(=O)N[C@H](C(=O)NCC(=O)N[C@@H](CCC(=O)O)C(=O)N[C@@H](Cc1ccccc1)C(=O)N[C@@H](CC(C)C)C(N)=O)C(O)c1ccccc1. The molecular weight excluding hydrogens is 1070 g/mol. The number of rotatable bonds is 33. The highest BCUT2D eigenvalue weighted by Gasteiger charge is 2.44. The van der Waals surface area contributed by atoms with Gasteiger partial charge in [0, 0.05) is 32.6 Å². The van der Waals surface area contributed by atoms with Crippen LogP contribution in [0.25, 0.3) is 0 Å². The summed E-state index contributed by atoms with van der Waals surface area (Å²) in [6, 6.07) is 2.47. The second-order valence-electron chi connectivity index (χ2n) is 20.3. The van der Waals surface area contributed by atoms with Crippen LogP contribution in [0, 0.1) is 11.8 Å². The van der Waals surface area contributed by atoms with E-state index in [2.05, 4.69) is 42.5 Å². The van der Waals surface area contributed by atoms with Crippen molar-refractivity contribution in [1.82, 2.24) is 47.4 Å². The molecule has 1 aliphatic heterocycles. The van der Waals surface area contributed by atoms with Crippen LogP contribution in [0.4, 0.5) is 4.39 Å².